The number of ether oxygens (including phenoxy) is 1. The van der Waals surface area contributed by atoms with Crippen LogP contribution in [0.2, 0.25) is 0 Å². The number of nitrogens with one attached hydrogen (secondary N) is 1. The van der Waals surface area contributed by atoms with E-state index in [1.54, 1.807) is 25.1 Å². The van der Waals surface area contributed by atoms with Crippen molar-refractivity contribution in [1.29, 1.82) is 0 Å². The molecule has 26 heavy (non-hydrogen) atoms. The standard InChI is InChI=1S/C19H20BrFN2O3/c1-2-23(19(25)13-26-17-6-4-3-5-16(17)20)12-18(24)22-11-14-7-9-15(21)10-8-14/h3-10H,2,11-13H2,1H3,(H,22,24). The Balaban J connectivity index is 1.81. The zero-order valence-corrected chi connectivity index (χ0v) is 16.0. The summed E-state index contributed by atoms with van der Waals surface area (Å²) in [5, 5.41) is 2.72. The van der Waals surface area contributed by atoms with E-state index in [2.05, 4.69) is 21.2 Å². The Labute approximate surface area is 160 Å². The van der Waals surface area contributed by atoms with Crippen LogP contribution in [0.1, 0.15) is 12.5 Å². The minimum absolute atomic E-state index is 0.0597. The zero-order valence-electron chi connectivity index (χ0n) is 14.4. The monoisotopic (exact) mass is 422 g/mol. The van der Waals surface area contributed by atoms with Gasteiger partial charge in [-0.05, 0) is 52.7 Å². The molecule has 0 saturated carbocycles. The molecule has 1 N–H and O–H groups in total. The summed E-state index contributed by atoms with van der Waals surface area (Å²) in [4.78, 5) is 25.7. The molecule has 2 aromatic carbocycles. The van der Waals surface area contributed by atoms with Crippen molar-refractivity contribution in [3.63, 3.8) is 0 Å². The molecular weight excluding hydrogens is 403 g/mol. The van der Waals surface area contributed by atoms with Gasteiger partial charge in [-0.3, -0.25) is 9.59 Å². The summed E-state index contributed by atoms with van der Waals surface area (Å²) in [6.07, 6.45) is 0. The number of benzene rings is 2. The molecule has 0 fully saturated rings. The van der Waals surface area contributed by atoms with Gasteiger partial charge in [0.05, 0.1) is 11.0 Å². The fourth-order valence-electron chi connectivity index (χ4n) is 2.20. The van der Waals surface area contributed by atoms with E-state index >= 15 is 0 Å². The first-order valence-corrected chi connectivity index (χ1v) is 8.95. The average Bonchev–Trinajstić information content (AvgIpc) is 2.64. The lowest BCUT2D eigenvalue weighted by molar-refractivity contribution is -0.137. The molecule has 0 unspecified atom stereocenters. The van der Waals surface area contributed by atoms with Crippen LogP contribution in [0.4, 0.5) is 4.39 Å². The Kier molecular flexibility index (Phi) is 7.59. The van der Waals surface area contributed by atoms with Crippen molar-refractivity contribution in [2.75, 3.05) is 19.7 Å². The first-order chi connectivity index (χ1) is 12.5. The van der Waals surface area contributed by atoms with Gasteiger partial charge in [0, 0.05) is 13.1 Å². The van der Waals surface area contributed by atoms with E-state index in [0.717, 1.165) is 10.0 Å². The normalized spacial score (nSPS) is 10.3. The Morgan fingerprint density at radius 3 is 2.50 bits per heavy atom. The van der Waals surface area contributed by atoms with Crippen molar-refractivity contribution in [3.05, 3.63) is 64.4 Å². The van der Waals surface area contributed by atoms with Crippen molar-refractivity contribution in [1.82, 2.24) is 10.2 Å². The summed E-state index contributed by atoms with van der Waals surface area (Å²) in [5.41, 5.74) is 0.784. The van der Waals surface area contributed by atoms with E-state index in [9.17, 15) is 14.0 Å². The second-order valence-electron chi connectivity index (χ2n) is 5.53. The van der Waals surface area contributed by atoms with Gasteiger partial charge >= 0.3 is 0 Å². The van der Waals surface area contributed by atoms with Crippen LogP contribution in [-0.4, -0.2) is 36.4 Å². The van der Waals surface area contributed by atoms with Gasteiger partial charge < -0.3 is 15.0 Å². The van der Waals surface area contributed by atoms with Crippen LogP contribution in [0.25, 0.3) is 0 Å². The number of carbonyl (C=O) groups excluding carboxylic acids is 2. The van der Waals surface area contributed by atoms with Crippen LogP contribution in [0, 0.1) is 5.82 Å². The first kappa shape index (κ1) is 19.9. The second kappa shape index (κ2) is 9.91. The van der Waals surface area contributed by atoms with Gasteiger partial charge in [0.25, 0.3) is 5.91 Å². The van der Waals surface area contributed by atoms with Crippen LogP contribution < -0.4 is 10.1 Å². The molecule has 0 spiro atoms. The van der Waals surface area contributed by atoms with Crippen LogP contribution in [-0.2, 0) is 16.1 Å². The minimum Gasteiger partial charge on any atom is -0.483 e. The Morgan fingerprint density at radius 1 is 1.15 bits per heavy atom. The van der Waals surface area contributed by atoms with Crippen molar-refractivity contribution < 1.29 is 18.7 Å². The first-order valence-electron chi connectivity index (χ1n) is 8.16. The molecule has 0 aliphatic carbocycles. The van der Waals surface area contributed by atoms with Crippen LogP contribution >= 0.6 is 15.9 Å². The summed E-state index contributed by atoms with van der Waals surface area (Å²) in [7, 11) is 0. The van der Waals surface area contributed by atoms with Crippen LogP contribution in [0.5, 0.6) is 5.75 Å². The topological polar surface area (TPSA) is 58.6 Å². The largest absolute Gasteiger partial charge is 0.483 e. The van der Waals surface area contributed by atoms with Crippen molar-refractivity contribution in [3.8, 4) is 5.75 Å². The van der Waals surface area contributed by atoms with Gasteiger partial charge in [-0.1, -0.05) is 24.3 Å². The van der Waals surface area contributed by atoms with E-state index < -0.39 is 0 Å². The van der Waals surface area contributed by atoms with Crippen molar-refractivity contribution >= 4 is 27.7 Å². The molecule has 0 bridgehead atoms. The minimum atomic E-state index is -0.326. The molecule has 7 heteroatoms. The number of halogens is 2. The molecule has 0 aliphatic rings. The molecule has 0 aliphatic heterocycles. The number of nitrogens with zero attached hydrogens (tertiary/aromatic N) is 1. The number of amides is 2. The molecule has 0 heterocycles. The Hall–Kier alpha value is -2.41. The lowest BCUT2D eigenvalue weighted by Crippen LogP contribution is -2.42. The highest BCUT2D eigenvalue weighted by Gasteiger charge is 2.16. The SMILES string of the molecule is CCN(CC(=O)NCc1ccc(F)cc1)C(=O)COc1ccccc1Br. The fourth-order valence-corrected chi connectivity index (χ4v) is 2.60. The van der Waals surface area contributed by atoms with E-state index in [4.69, 9.17) is 4.74 Å². The van der Waals surface area contributed by atoms with Crippen LogP contribution in [0.15, 0.2) is 53.0 Å². The third kappa shape index (κ3) is 6.15. The maximum Gasteiger partial charge on any atom is 0.260 e. The fraction of sp³-hybridized carbons (Fsp3) is 0.263. The number of hydrogen-bond donors (Lipinski definition) is 1. The van der Waals surface area contributed by atoms with E-state index in [1.807, 2.05) is 18.2 Å². The molecule has 0 radical (unpaired) electrons. The molecule has 0 aromatic heterocycles. The van der Waals surface area contributed by atoms with Gasteiger partial charge in [0.15, 0.2) is 6.61 Å². The zero-order chi connectivity index (χ0) is 18.9. The van der Waals surface area contributed by atoms with Gasteiger partial charge in [-0.15, -0.1) is 0 Å². The molecule has 2 rings (SSSR count). The van der Waals surface area contributed by atoms with E-state index in [1.165, 1.54) is 17.0 Å². The van der Waals surface area contributed by atoms with Crippen molar-refractivity contribution in [2.45, 2.75) is 13.5 Å². The molecular formula is C19H20BrFN2O3. The molecule has 0 atom stereocenters. The van der Waals surface area contributed by atoms with Crippen LogP contribution in [0.3, 0.4) is 0 Å². The summed E-state index contributed by atoms with van der Waals surface area (Å²) in [6.45, 7) is 2.25. The van der Waals surface area contributed by atoms with Crippen molar-refractivity contribution in [2.24, 2.45) is 0 Å². The third-order valence-electron chi connectivity index (χ3n) is 3.66. The molecule has 0 saturated heterocycles. The maximum atomic E-state index is 12.9. The highest BCUT2D eigenvalue weighted by atomic mass is 79.9. The number of rotatable bonds is 8. The predicted octanol–water partition coefficient (Wildman–Crippen LogP) is 3.13. The number of hydrogen-bond acceptors (Lipinski definition) is 3. The van der Waals surface area contributed by atoms with Gasteiger partial charge in [0.1, 0.15) is 11.6 Å². The predicted molar refractivity (Wildman–Crippen MR) is 100 cm³/mol. The summed E-state index contributed by atoms with van der Waals surface area (Å²) < 4.78 is 19.1. The summed E-state index contributed by atoms with van der Waals surface area (Å²) >= 11 is 3.35. The summed E-state index contributed by atoms with van der Waals surface area (Å²) in [6, 6.07) is 13.1. The smallest absolute Gasteiger partial charge is 0.260 e. The van der Waals surface area contributed by atoms with Gasteiger partial charge in [-0.25, -0.2) is 4.39 Å². The molecule has 5 nitrogen and oxygen atoms in total. The lowest BCUT2D eigenvalue weighted by Gasteiger charge is -2.20. The Bertz CT molecular complexity index is 753. The highest BCUT2D eigenvalue weighted by molar-refractivity contribution is 9.10. The average molecular weight is 423 g/mol. The lowest BCUT2D eigenvalue weighted by atomic mass is 10.2. The van der Waals surface area contributed by atoms with E-state index in [-0.39, 0.29) is 37.3 Å². The number of para-hydroxylation sites is 1. The molecule has 2 amide bonds. The summed E-state index contributed by atoms with van der Waals surface area (Å²) in [5.74, 6) is -0.323. The van der Waals surface area contributed by atoms with E-state index in [0.29, 0.717) is 12.3 Å². The number of carbonyl (C=O) groups is 2. The molecule has 2 aromatic rings. The molecule has 138 valence electrons. The maximum absolute atomic E-state index is 12.9. The second-order valence-corrected chi connectivity index (χ2v) is 6.38. The number of likely N-dealkylation sites (N-methyl/N-ethyl adjacent to an activating group) is 1. The van der Waals surface area contributed by atoms with Gasteiger partial charge in [-0.2, -0.15) is 0 Å². The Morgan fingerprint density at radius 2 is 1.85 bits per heavy atom. The van der Waals surface area contributed by atoms with Gasteiger partial charge in [0.2, 0.25) is 5.91 Å². The quantitative estimate of drug-likeness (QED) is 0.710. The third-order valence-corrected chi connectivity index (χ3v) is 4.31. The highest BCUT2D eigenvalue weighted by Crippen LogP contribution is 2.23.